The zero-order valence-corrected chi connectivity index (χ0v) is 16.4. The van der Waals surface area contributed by atoms with Crippen LogP contribution in [0.15, 0.2) is 48.5 Å². The van der Waals surface area contributed by atoms with Crippen molar-refractivity contribution >= 4 is 23.0 Å². The second-order valence-corrected chi connectivity index (χ2v) is 5.52. The van der Waals surface area contributed by atoms with Crippen LogP contribution in [0.4, 0.5) is 4.39 Å². The SMILES string of the molecule is C=C(c1ccc2ncc(F)n2c1)c1c(C)ncnc1/C(C=NC)=C/C.CC. The van der Waals surface area contributed by atoms with Crippen molar-refractivity contribution in [2.24, 2.45) is 4.99 Å². The molecule has 0 N–H and O–H groups in total. The van der Waals surface area contributed by atoms with E-state index in [1.54, 1.807) is 25.5 Å². The Kier molecular flexibility index (Phi) is 6.71. The molecule has 0 saturated carbocycles. The first-order valence-corrected chi connectivity index (χ1v) is 8.79. The third-order valence-electron chi connectivity index (χ3n) is 4.00. The van der Waals surface area contributed by atoms with Crippen molar-refractivity contribution in [1.29, 1.82) is 0 Å². The molecule has 0 atom stereocenters. The Balaban J connectivity index is 0.00000126. The van der Waals surface area contributed by atoms with Gasteiger partial charge in [0.2, 0.25) is 5.95 Å². The van der Waals surface area contributed by atoms with E-state index in [4.69, 9.17) is 0 Å². The maximum Gasteiger partial charge on any atom is 0.217 e. The van der Waals surface area contributed by atoms with Gasteiger partial charge in [-0.2, -0.15) is 4.39 Å². The molecule has 6 heteroatoms. The van der Waals surface area contributed by atoms with E-state index in [0.717, 1.165) is 28.1 Å². The fourth-order valence-electron chi connectivity index (χ4n) is 2.74. The van der Waals surface area contributed by atoms with Crippen molar-refractivity contribution in [1.82, 2.24) is 19.4 Å². The van der Waals surface area contributed by atoms with E-state index in [2.05, 4.69) is 26.5 Å². The summed E-state index contributed by atoms with van der Waals surface area (Å²) in [4.78, 5) is 16.8. The van der Waals surface area contributed by atoms with Crippen LogP contribution in [0.5, 0.6) is 0 Å². The number of aryl methyl sites for hydroxylation is 1. The van der Waals surface area contributed by atoms with E-state index < -0.39 is 5.95 Å². The van der Waals surface area contributed by atoms with Gasteiger partial charge in [-0.05, 0) is 37.1 Å². The van der Waals surface area contributed by atoms with Crippen LogP contribution < -0.4 is 0 Å². The topological polar surface area (TPSA) is 55.4 Å². The van der Waals surface area contributed by atoms with Crippen LogP contribution in [-0.4, -0.2) is 32.6 Å². The van der Waals surface area contributed by atoms with Crippen molar-refractivity contribution in [2.75, 3.05) is 7.05 Å². The summed E-state index contributed by atoms with van der Waals surface area (Å²) in [5, 5.41) is 0. The van der Waals surface area contributed by atoms with Gasteiger partial charge in [-0.15, -0.1) is 0 Å². The molecule has 0 unspecified atom stereocenters. The number of nitrogens with zero attached hydrogens (tertiary/aromatic N) is 5. The number of fused-ring (bicyclic) bond motifs is 1. The molecule has 140 valence electrons. The zero-order chi connectivity index (χ0) is 20.0. The minimum Gasteiger partial charge on any atom is -0.296 e. The molecule has 3 rings (SSSR count). The van der Waals surface area contributed by atoms with Crippen molar-refractivity contribution in [3.8, 4) is 0 Å². The van der Waals surface area contributed by atoms with E-state index in [1.165, 1.54) is 16.9 Å². The fraction of sp³-hybridized carbons (Fsp3) is 0.238. The van der Waals surface area contributed by atoms with E-state index >= 15 is 0 Å². The molecule has 5 nitrogen and oxygen atoms in total. The molecule has 0 bridgehead atoms. The van der Waals surface area contributed by atoms with Gasteiger partial charge in [-0.1, -0.05) is 26.5 Å². The molecule has 0 aromatic carbocycles. The monoisotopic (exact) mass is 365 g/mol. The average molecular weight is 365 g/mol. The minimum absolute atomic E-state index is 0.418. The number of pyridine rings is 1. The number of aromatic nitrogens is 4. The van der Waals surface area contributed by atoms with Gasteiger partial charge in [0, 0.05) is 36.3 Å². The minimum atomic E-state index is -0.418. The summed E-state index contributed by atoms with van der Waals surface area (Å²) in [6.07, 6.45) is 8.08. The molecule has 3 heterocycles. The molecule has 0 aliphatic heterocycles. The van der Waals surface area contributed by atoms with Gasteiger partial charge < -0.3 is 0 Å². The Bertz CT molecular complexity index is 1010. The molecule has 0 aliphatic rings. The standard InChI is InChI=1S/C19H18FN5.C2H6/c1-5-14(8-21-4)19-18(13(3)23-11-24-19)12(2)15-6-7-17-22-9-16(20)25(17)10-15;1-2/h5-11H,2H2,1,3-4H3;1-2H3/b14-5+,21-8?;. The lowest BCUT2D eigenvalue weighted by Crippen LogP contribution is -2.04. The molecule has 27 heavy (non-hydrogen) atoms. The first-order chi connectivity index (χ1) is 13.1. The third kappa shape index (κ3) is 4.00. The van der Waals surface area contributed by atoms with E-state index in [0.29, 0.717) is 11.2 Å². The first kappa shape index (κ1) is 20.2. The summed E-state index contributed by atoms with van der Waals surface area (Å²) < 4.78 is 15.2. The maximum atomic E-state index is 13.9. The highest BCUT2D eigenvalue weighted by Crippen LogP contribution is 2.29. The molecule has 0 fully saturated rings. The Hall–Kier alpha value is -3.15. The number of halogens is 1. The number of hydrogen-bond donors (Lipinski definition) is 0. The number of aliphatic imine (C=N–C) groups is 1. The van der Waals surface area contributed by atoms with Crippen molar-refractivity contribution in [3.05, 3.63) is 72.0 Å². The highest BCUT2D eigenvalue weighted by Gasteiger charge is 2.16. The summed E-state index contributed by atoms with van der Waals surface area (Å²) in [6.45, 7) is 12.0. The van der Waals surface area contributed by atoms with Crippen LogP contribution in [0.1, 0.15) is 43.3 Å². The molecule has 0 saturated heterocycles. The van der Waals surface area contributed by atoms with E-state index in [-0.39, 0.29) is 0 Å². The van der Waals surface area contributed by atoms with Crippen molar-refractivity contribution in [2.45, 2.75) is 27.7 Å². The number of allylic oxidation sites excluding steroid dienone is 2. The van der Waals surface area contributed by atoms with Crippen LogP contribution >= 0.6 is 0 Å². The normalized spacial score (nSPS) is 11.6. The number of imidazole rings is 1. The molecule has 0 spiro atoms. The van der Waals surface area contributed by atoms with E-state index in [9.17, 15) is 4.39 Å². The van der Waals surface area contributed by atoms with Gasteiger partial charge in [0.05, 0.1) is 11.9 Å². The lowest BCUT2D eigenvalue weighted by atomic mass is 9.95. The molecule has 3 aromatic rings. The fourth-order valence-corrected chi connectivity index (χ4v) is 2.74. The third-order valence-corrected chi connectivity index (χ3v) is 4.00. The van der Waals surface area contributed by atoms with Crippen LogP contribution in [-0.2, 0) is 0 Å². The summed E-state index contributed by atoms with van der Waals surface area (Å²) in [5.74, 6) is -0.418. The van der Waals surface area contributed by atoms with Gasteiger partial charge in [-0.3, -0.25) is 9.39 Å². The van der Waals surface area contributed by atoms with E-state index in [1.807, 2.05) is 39.8 Å². The second kappa shape index (κ2) is 8.98. The summed E-state index contributed by atoms with van der Waals surface area (Å²) >= 11 is 0. The van der Waals surface area contributed by atoms with Gasteiger partial charge in [0.1, 0.15) is 12.0 Å². The number of hydrogen-bond acceptors (Lipinski definition) is 4. The maximum absolute atomic E-state index is 13.9. The Morgan fingerprint density at radius 3 is 2.63 bits per heavy atom. The molecule has 0 aliphatic carbocycles. The first-order valence-electron chi connectivity index (χ1n) is 8.79. The molecule has 0 amide bonds. The highest BCUT2D eigenvalue weighted by atomic mass is 19.1. The van der Waals surface area contributed by atoms with Crippen molar-refractivity contribution < 1.29 is 4.39 Å². The smallest absolute Gasteiger partial charge is 0.217 e. The summed E-state index contributed by atoms with van der Waals surface area (Å²) in [7, 11) is 1.71. The second-order valence-electron chi connectivity index (χ2n) is 5.52. The lowest BCUT2D eigenvalue weighted by Gasteiger charge is -2.14. The van der Waals surface area contributed by atoms with Crippen LogP contribution in [0.3, 0.4) is 0 Å². The Morgan fingerprint density at radius 1 is 1.22 bits per heavy atom. The highest BCUT2D eigenvalue weighted by molar-refractivity contribution is 6.11. The predicted octanol–water partition coefficient (Wildman–Crippen LogP) is 4.76. The summed E-state index contributed by atoms with van der Waals surface area (Å²) in [6, 6.07) is 3.62. The van der Waals surface area contributed by atoms with Gasteiger partial charge in [0.15, 0.2) is 0 Å². The predicted molar refractivity (Wildman–Crippen MR) is 109 cm³/mol. The lowest BCUT2D eigenvalue weighted by molar-refractivity contribution is 0.573. The number of rotatable bonds is 4. The Labute approximate surface area is 159 Å². The average Bonchev–Trinajstić information content (AvgIpc) is 3.07. The van der Waals surface area contributed by atoms with Crippen LogP contribution in [0.25, 0.3) is 16.8 Å². The zero-order valence-electron chi connectivity index (χ0n) is 16.4. The molecule has 0 radical (unpaired) electrons. The van der Waals surface area contributed by atoms with Crippen LogP contribution in [0, 0.1) is 12.9 Å². The van der Waals surface area contributed by atoms with Crippen LogP contribution in [0.2, 0.25) is 0 Å². The molecular weight excluding hydrogens is 341 g/mol. The van der Waals surface area contributed by atoms with Gasteiger partial charge >= 0.3 is 0 Å². The van der Waals surface area contributed by atoms with Crippen molar-refractivity contribution in [3.63, 3.8) is 0 Å². The molecule has 3 aromatic heterocycles. The summed E-state index contributed by atoms with van der Waals surface area (Å²) in [5.41, 5.74) is 5.26. The van der Waals surface area contributed by atoms with Gasteiger partial charge in [0.25, 0.3) is 0 Å². The van der Waals surface area contributed by atoms with Gasteiger partial charge in [-0.25, -0.2) is 15.0 Å². The largest absolute Gasteiger partial charge is 0.296 e. The quantitative estimate of drug-likeness (QED) is 0.626. The molecular formula is C21H24FN5. The Morgan fingerprint density at radius 2 is 1.96 bits per heavy atom.